The Hall–Kier alpha value is -2.21. The molecule has 0 saturated carbocycles. The third kappa shape index (κ3) is 5.00. The van der Waals surface area contributed by atoms with E-state index in [-0.39, 0.29) is 5.91 Å². The zero-order valence-corrected chi connectivity index (χ0v) is 12.6. The number of benzene rings is 1. The number of carbonyl (C=O) groups excluding carboxylic acids is 1. The van der Waals surface area contributed by atoms with Gasteiger partial charge in [0.05, 0.1) is 6.61 Å². The Bertz CT molecular complexity index is 597. The first kappa shape index (κ1) is 15.2. The minimum Gasteiger partial charge on any atom is -0.493 e. The summed E-state index contributed by atoms with van der Waals surface area (Å²) < 4.78 is 5.71. The fraction of sp³-hybridized carbons (Fsp3) is 0.267. The van der Waals surface area contributed by atoms with Crippen LogP contribution in [0.3, 0.4) is 0 Å². The quantitative estimate of drug-likeness (QED) is 0.629. The van der Waals surface area contributed by atoms with Crippen LogP contribution in [-0.4, -0.2) is 22.7 Å². The van der Waals surface area contributed by atoms with Crippen LogP contribution in [0.1, 0.15) is 25.3 Å². The number of hydrogen-bond acceptors (Lipinski definition) is 5. The molecule has 0 saturated heterocycles. The number of nitrogens with one attached hydrogen (secondary N) is 1. The Balaban J connectivity index is 1.97. The molecule has 1 heterocycles. The number of carbonyl (C=O) groups is 1. The summed E-state index contributed by atoms with van der Waals surface area (Å²) in [7, 11) is 0. The van der Waals surface area contributed by atoms with Crippen molar-refractivity contribution in [2.75, 3.05) is 11.9 Å². The van der Waals surface area contributed by atoms with Crippen molar-refractivity contribution in [3.8, 4) is 5.75 Å². The van der Waals surface area contributed by atoms with Gasteiger partial charge < -0.3 is 4.74 Å². The molecule has 110 valence electrons. The molecule has 1 amide bonds. The summed E-state index contributed by atoms with van der Waals surface area (Å²) in [6, 6.07) is 7.64. The van der Waals surface area contributed by atoms with E-state index in [4.69, 9.17) is 4.74 Å². The first-order chi connectivity index (χ1) is 10.3. The molecule has 1 aromatic carbocycles. The summed E-state index contributed by atoms with van der Waals surface area (Å²) in [4.78, 5) is 11.8. The van der Waals surface area contributed by atoms with E-state index in [2.05, 4.69) is 22.4 Å². The summed E-state index contributed by atoms with van der Waals surface area (Å²) in [5.74, 6) is 0.543. The number of para-hydroxylation sites is 1. The van der Waals surface area contributed by atoms with Gasteiger partial charge in [0.15, 0.2) is 0 Å². The molecule has 5 nitrogen and oxygen atoms in total. The number of rotatable bonds is 7. The number of ether oxygens (including phenoxy) is 1. The molecule has 0 fully saturated rings. The van der Waals surface area contributed by atoms with Crippen LogP contribution in [0.5, 0.6) is 5.75 Å². The molecule has 1 N–H and O–H groups in total. The summed E-state index contributed by atoms with van der Waals surface area (Å²) in [5.41, 5.74) is 2.44. The largest absolute Gasteiger partial charge is 0.493 e. The summed E-state index contributed by atoms with van der Waals surface area (Å²) in [6.45, 7) is 2.80. The normalized spacial score (nSPS) is 10.7. The van der Waals surface area contributed by atoms with Gasteiger partial charge in [0.2, 0.25) is 11.0 Å². The minimum absolute atomic E-state index is 0.241. The highest BCUT2D eigenvalue weighted by Gasteiger charge is 2.03. The van der Waals surface area contributed by atoms with Crippen LogP contribution < -0.4 is 10.1 Å². The van der Waals surface area contributed by atoms with Crippen molar-refractivity contribution in [1.82, 2.24) is 10.2 Å². The van der Waals surface area contributed by atoms with Gasteiger partial charge >= 0.3 is 0 Å². The lowest BCUT2D eigenvalue weighted by molar-refractivity contribution is -0.111. The number of unbranched alkanes of at least 4 members (excludes halogenated alkanes) is 1. The lowest BCUT2D eigenvalue weighted by Crippen LogP contribution is -2.07. The molecule has 2 rings (SSSR count). The molecule has 0 spiro atoms. The maximum atomic E-state index is 11.8. The van der Waals surface area contributed by atoms with E-state index in [1.807, 2.05) is 24.3 Å². The molecular formula is C15H17N3O2S. The summed E-state index contributed by atoms with van der Waals surface area (Å²) in [5, 5.41) is 10.5. The Morgan fingerprint density at radius 1 is 1.43 bits per heavy atom. The Morgan fingerprint density at radius 3 is 3.05 bits per heavy atom. The lowest BCUT2D eigenvalue weighted by atomic mass is 10.2. The van der Waals surface area contributed by atoms with Crippen molar-refractivity contribution in [2.24, 2.45) is 0 Å². The second-order valence-corrected chi connectivity index (χ2v) is 5.14. The molecule has 0 aliphatic heterocycles. The number of amides is 1. The van der Waals surface area contributed by atoms with Crippen molar-refractivity contribution in [1.29, 1.82) is 0 Å². The molecule has 0 aliphatic carbocycles. The van der Waals surface area contributed by atoms with E-state index in [0.717, 1.165) is 24.2 Å². The second-order valence-electron chi connectivity index (χ2n) is 4.31. The minimum atomic E-state index is -0.241. The second kappa shape index (κ2) is 8.16. The van der Waals surface area contributed by atoms with Crippen molar-refractivity contribution in [3.05, 3.63) is 41.4 Å². The van der Waals surface area contributed by atoms with Crippen LogP contribution in [0.4, 0.5) is 5.13 Å². The average molecular weight is 303 g/mol. The topological polar surface area (TPSA) is 64.1 Å². The van der Waals surface area contributed by atoms with Crippen molar-refractivity contribution < 1.29 is 9.53 Å². The zero-order chi connectivity index (χ0) is 14.9. The predicted molar refractivity (Wildman–Crippen MR) is 84.4 cm³/mol. The van der Waals surface area contributed by atoms with E-state index in [0.29, 0.717) is 11.7 Å². The highest BCUT2D eigenvalue weighted by atomic mass is 32.1. The number of aromatic nitrogens is 2. The van der Waals surface area contributed by atoms with Crippen LogP contribution in [0, 0.1) is 0 Å². The van der Waals surface area contributed by atoms with E-state index >= 15 is 0 Å². The first-order valence-electron chi connectivity index (χ1n) is 6.76. The Labute approximate surface area is 127 Å². The molecule has 2 aromatic rings. The third-order valence-electron chi connectivity index (χ3n) is 2.68. The van der Waals surface area contributed by atoms with Gasteiger partial charge in [-0.2, -0.15) is 0 Å². The SMILES string of the molecule is CCCCOc1ccccc1/C=C/C(=O)Nc1nncs1. The predicted octanol–water partition coefficient (Wildman–Crippen LogP) is 3.37. The fourth-order valence-corrected chi connectivity index (χ4v) is 2.06. The van der Waals surface area contributed by atoms with Gasteiger partial charge in [-0.25, -0.2) is 0 Å². The van der Waals surface area contributed by atoms with Crippen LogP contribution in [0.2, 0.25) is 0 Å². The van der Waals surface area contributed by atoms with Crippen LogP contribution in [-0.2, 0) is 4.79 Å². The van der Waals surface area contributed by atoms with Crippen LogP contribution >= 0.6 is 11.3 Å². The van der Waals surface area contributed by atoms with Gasteiger partial charge in [0.1, 0.15) is 11.3 Å². The van der Waals surface area contributed by atoms with Gasteiger partial charge in [0, 0.05) is 11.6 Å². The molecule has 0 radical (unpaired) electrons. The summed E-state index contributed by atoms with van der Waals surface area (Å²) in [6.07, 6.45) is 5.29. The molecule has 0 bridgehead atoms. The fourth-order valence-electron chi connectivity index (χ4n) is 1.62. The molecule has 0 atom stereocenters. The van der Waals surface area contributed by atoms with E-state index in [1.165, 1.54) is 17.4 Å². The monoisotopic (exact) mass is 303 g/mol. The number of anilines is 1. The molecule has 0 unspecified atom stereocenters. The maximum Gasteiger partial charge on any atom is 0.250 e. The molecular weight excluding hydrogens is 286 g/mol. The smallest absolute Gasteiger partial charge is 0.250 e. The highest BCUT2D eigenvalue weighted by Crippen LogP contribution is 2.20. The van der Waals surface area contributed by atoms with Crippen molar-refractivity contribution in [3.63, 3.8) is 0 Å². The van der Waals surface area contributed by atoms with Crippen molar-refractivity contribution >= 4 is 28.5 Å². The molecule has 0 aliphatic rings. The Morgan fingerprint density at radius 2 is 2.29 bits per heavy atom. The zero-order valence-electron chi connectivity index (χ0n) is 11.8. The lowest BCUT2D eigenvalue weighted by Gasteiger charge is -2.08. The first-order valence-corrected chi connectivity index (χ1v) is 7.64. The number of nitrogens with zero attached hydrogens (tertiary/aromatic N) is 2. The molecule has 6 heteroatoms. The number of hydrogen-bond donors (Lipinski definition) is 1. The van der Waals surface area contributed by atoms with Gasteiger partial charge in [0.25, 0.3) is 0 Å². The third-order valence-corrected chi connectivity index (χ3v) is 3.29. The van der Waals surface area contributed by atoms with E-state index < -0.39 is 0 Å². The van der Waals surface area contributed by atoms with Gasteiger partial charge in [-0.1, -0.05) is 42.9 Å². The average Bonchev–Trinajstić information content (AvgIpc) is 2.99. The highest BCUT2D eigenvalue weighted by molar-refractivity contribution is 7.13. The van der Waals surface area contributed by atoms with E-state index in [1.54, 1.807) is 11.6 Å². The summed E-state index contributed by atoms with van der Waals surface area (Å²) >= 11 is 1.28. The maximum absolute atomic E-state index is 11.8. The van der Waals surface area contributed by atoms with Gasteiger partial charge in [-0.15, -0.1) is 10.2 Å². The molecule has 21 heavy (non-hydrogen) atoms. The molecule has 1 aromatic heterocycles. The van der Waals surface area contributed by atoms with Crippen LogP contribution in [0.15, 0.2) is 35.9 Å². The van der Waals surface area contributed by atoms with E-state index in [9.17, 15) is 4.79 Å². The van der Waals surface area contributed by atoms with Crippen LogP contribution in [0.25, 0.3) is 6.08 Å². The standard InChI is InChI=1S/C15H17N3O2S/c1-2-3-10-20-13-7-5-4-6-12(13)8-9-14(19)17-15-18-16-11-21-15/h4-9,11H,2-3,10H2,1H3,(H,17,18,19)/b9-8+. The van der Waals surface area contributed by atoms with Gasteiger partial charge in [-0.3, -0.25) is 10.1 Å². The Kier molecular flexibility index (Phi) is 5.90. The van der Waals surface area contributed by atoms with Gasteiger partial charge in [-0.05, 0) is 18.6 Å². The van der Waals surface area contributed by atoms with Crippen molar-refractivity contribution in [2.45, 2.75) is 19.8 Å².